The molecule has 1 aliphatic rings. The Balaban J connectivity index is 1.38. The van der Waals surface area contributed by atoms with Gasteiger partial charge in [-0.15, -0.1) is 0 Å². The summed E-state index contributed by atoms with van der Waals surface area (Å²) in [5.74, 6) is 6.96. The molecule has 5 rings (SSSR count). The Kier molecular flexibility index (Phi) is 6.46. The molecular weight excluding hydrogens is 440 g/mol. The number of hydrogen-bond donors (Lipinski definition) is 3. The van der Waals surface area contributed by atoms with Crippen LogP contribution < -0.4 is 21.5 Å². The van der Waals surface area contributed by atoms with Crippen LogP contribution in [0.4, 0.5) is 17.3 Å². The Morgan fingerprint density at radius 1 is 1.17 bits per heavy atom. The van der Waals surface area contributed by atoms with Gasteiger partial charge >= 0.3 is 0 Å². The fraction of sp³-hybridized carbons (Fsp3) is 0.308. The summed E-state index contributed by atoms with van der Waals surface area (Å²) in [6.45, 7) is 4.47. The Hall–Kier alpha value is -4.16. The summed E-state index contributed by atoms with van der Waals surface area (Å²) in [5, 5.41) is 11.0. The van der Waals surface area contributed by atoms with Crippen LogP contribution in [0.3, 0.4) is 0 Å². The third-order valence-electron chi connectivity index (χ3n) is 6.08. The number of pyridine rings is 1. The first-order valence-electron chi connectivity index (χ1n) is 11.8. The number of aromatic nitrogens is 5. The van der Waals surface area contributed by atoms with E-state index >= 15 is 0 Å². The highest BCUT2D eigenvalue weighted by atomic mass is 16.1. The van der Waals surface area contributed by atoms with Crippen LogP contribution >= 0.6 is 0 Å². The van der Waals surface area contributed by atoms with Gasteiger partial charge in [-0.2, -0.15) is 4.98 Å². The van der Waals surface area contributed by atoms with Crippen molar-refractivity contribution in [1.29, 1.82) is 0 Å². The average molecular weight is 469 g/mol. The Bertz CT molecular complexity index is 1450. The maximum atomic E-state index is 13.1. The lowest BCUT2D eigenvalue weighted by Crippen LogP contribution is -2.38. The third-order valence-corrected chi connectivity index (χ3v) is 6.08. The molecule has 3 aromatic heterocycles. The van der Waals surface area contributed by atoms with Gasteiger partial charge in [0, 0.05) is 61.5 Å². The predicted octanol–water partition coefficient (Wildman–Crippen LogP) is 2.85. The van der Waals surface area contributed by atoms with E-state index in [0.717, 1.165) is 29.9 Å². The number of nitrogens with zero attached hydrogens (tertiary/aromatic N) is 5. The lowest BCUT2D eigenvalue weighted by atomic mass is 10.1. The van der Waals surface area contributed by atoms with Crippen LogP contribution in [-0.2, 0) is 13.6 Å². The monoisotopic (exact) mass is 468 g/mol. The average Bonchev–Trinajstić information content (AvgIpc) is 3.29. The Morgan fingerprint density at radius 2 is 2.00 bits per heavy atom. The normalized spacial score (nSPS) is 15.4. The molecule has 4 aromatic rings. The van der Waals surface area contributed by atoms with E-state index in [1.807, 2.05) is 49.0 Å². The van der Waals surface area contributed by atoms with Crippen molar-refractivity contribution in [3.63, 3.8) is 0 Å². The predicted molar refractivity (Wildman–Crippen MR) is 138 cm³/mol. The van der Waals surface area contributed by atoms with Gasteiger partial charge < -0.3 is 20.5 Å². The molecule has 0 spiro atoms. The molecular formula is C26H28N8O. The topological polar surface area (TPSA) is 102 Å². The molecule has 0 aliphatic carbocycles. The minimum atomic E-state index is -0.181. The standard InChI is InChI=1S/C26H28N8O/c1-3-34-24-19(15-18(25(34)35)6-11-23-28-13-14-33(23)2)16-29-26(32-24)31-21-9-7-20(8-10-21)30-22-5-4-12-27-17-22/h7-10,13-16,22,27,30H,3-5,12,17H2,1-2H3,(H,29,31,32). The summed E-state index contributed by atoms with van der Waals surface area (Å²) >= 11 is 0. The fourth-order valence-electron chi connectivity index (χ4n) is 4.20. The second-order valence-electron chi connectivity index (χ2n) is 8.58. The molecule has 0 radical (unpaired) electrons. The van der Waals surface area contributed by atoms with E-state index in [0.29, 0.717) is 35.6 Å². The van der Waals surface area contributed by atoms with Crippen LogP contribution in [0.5, 0.6) is 0 Å². The molecule has 178 valence electrons. The lowest BCUT2D eigenvalue weighted by molar-refractivity contribution is 0.480. The van der Waals surface area contributed by atoms with Gasteiger partial charge in [0.25, 0.3) is 5.56 Å². The summed E-state index contributed by atoms with van der Waals surface area (Å²) in [7, 11) is 1.86. The minimum Gasteiger partial charge on any atom is -0.381 e. The summed E-state index contributed by atoms with van der Waals surface area (Å²) in [6, 6.07) is 10.3. The molecule has 9 heteroatoms. The highest BCUT2D eigenvalue weighted by Crippen LogP contribution is 2.20. The lowest BCUT2D eigenvalue weighted by Gasteiger charge is -2.24. The maximum Gasteiger partial charge on any atom is 0.267 e. The van der Waals surface area contributed by atoms with Gasteiger partial charge in [-0.25, -0.2) is 9.97 Å². The number of fused-ring (bicyclic) bond motifs is 1. The van der Waals surface area contributed by atoms with Crippen molar-refractivity contribution in [1.82, 2.24) is 29.4 Å². The third kappa shape index (κ3) is 5.03. The van der Waals surface area contributed by atoms with Crippen LogP contribution in [0.25, 0.3) is 11.0 Å². The number of benzene rings is 1. The molecule has 1 aromatic carbocycles. The van der Waals surface area contributed by atoms with Gasteiger partial charge in [0.05, 0.1) is 5.56 Å². The van der Waals surface area contributed by atoms with E-state index in [4.69, 9.17) is 0 Å². The number of anilines is 3. The molecule has 4 heterocycles. The molecule has 3 N–H and O–H groups in total. The van der Waals surface area contributed by atoms with E-state index in [1.54, 1.807) is 23.0 Å². The zero-order valence-electron chi connectivity index (χ0n) is 19.9. The molecule has 1 unspecified atom stereocenters. The van der Waals surface area contributed by atoms with E-state index in [9.17, 15) is 4.79 Å². The largest absolute Gasteiger partial charge is 0.381 e. The molecule has 0 saturated carbocycles. The number of hydrogen-bond acceptors (Lipinski definition) is 7. The van der Waals surface area contributed by atoms with Gasteiger partial charge in [-0.3, -0.25) is 9.36 Å². The second kappa shape index (κ2) is 9.99. The summed E-state index contributed by atoms with van der Waals surface area (Å²) in [4.78, 5) is 26.4. The maximum absolute atomic E-state index is 13.1. The van der Waals surface area contributed by atoms with Crippen LogP contribution in [0.1, 0.15) is 31.2 Å². The minimum absolute atomic E-state index is 0.181. The number of rotatable bonds is 5. The van der Waals surface area contributed by atoms with Crippen LogP contribution in [0.2, 0.25) is 0 Å². The highest BCUT2D eigenvalue weighted by Gasteiger charge is 2.13. The first kappa shape index (κ1) is 22.6. The van der Waals surface area contributed by atoms with E-state index in [-0.39, 0.29) is 5.56 Å². The molecule has 0 bridgehead atoms. The quantitative estimate of drug-likeness (QED) is 0.387. The summed E-state index contributed by atoms with van der Waals surface area (Å²) in [5.41, 5.74) is 2.74. The van der Waals surface area contributed by atoms with E-state index < -0.39 is 0 Å². The van der Waals surface area contributed by atoms with E-state index in [1.165, 1.54) is 12.8 Å². The Morgan fingerprint density at radius 3 is 2.71 bits per heavy atom. The molecule has 1 atom stereocenters. The van der Waals surface area contributed by atoms with Crippen molar-refractivity contribution >= 4 is 28.4 Å². The fourth-order valence-corrected chi connectivity index (χ4v) is 4.20. The van der Waals surface area contributed by atoms with Crippen molar-refractivity contribution < 1.29 is 0 Å². The first-order chi connectivity index (χ1) is 17.1. The number of imidazole rings is 1. The van der Waals surface area contributed by atoms with Crippen LogP contribution in [0, 0.1) is 11.8 Å². The molecule has 0 amide bonds. The van der Waals surface area contributed by atoms with Crippen LogP contribution in [-0.4, -0.2) is 43.2 Å². The molecule has 1 fully saturated rings. The van der Waals surface area contributed by atoms with Gasteiger partial charge in [0.2, 0.25) is 5.95 Å². The number of aryl methyl sites for hydroxylation is 2. The van der Waals surface area contributed by atoms with Gasteiger partial charge in [0.15, 0.2) is 5.82 Å². The zero-order chi connectivity index (χ0) is 24.2. The molecule has 9 nitrogen and oxygen atoms in total. The molecule has 35 heavy (non-hydrogen) atoms. The summed E-state index contributed by atoms with van der Waals surface area (Å²) in [6.07, 6.45) is 7.57. The Labute approximate surface area is 203 Å². The molecule has 1 saturated heterocycles. The summed E-state index contributed by atoms with van der Waals surface area (Å²) < 4.78 is 3.43. The van der Waals surface area contributed by atoms with Gasteiger partial charge in [-0.05, 0) is 62.6 Å². The van der Waals surface area contributed by atoms with Crippen molar-refractivity contribution in [2.75, 3.05) is 23.7 Å². The van der Waals surface area contributed by atoms with Gasteiger partial charge in [0.1, 0.15) is 5.65 Å². The zero-order valence-corrected chi connectivity index (χ0v) is 19.9. The van der Waals surface area contributed by atoms with Crippen molar-refractivity contribution in [2.24, 2.45) is 7.05 Å². The van der Waals surface area contributed by atoms with Gasteiger partial charge in [-0.1, -0.05) is 5.92 Å². The smallest absolute Gasteiger partial charge is 0.267 e. The van der Waals surface area contributed by atoms with Crippen molar-refractivity contribution in [3.8, 4) is 11.8 Å². The number of piperidine rings is 1. The van der Waals surface area contributed by atoms with Crippen molar-refractivity contribution in [2.45, 2.75) is 32.4 Å². The highest BCUT2D eigenvalue weighted by molar-refractivity contribution is 5.77. The van der Waals surface area contributed by atoms with E-state index in [2.05, 4.69) is 42.7 Å². The second-order valence-corrected chi connectivity index (χ2v) is 8.58. The van der Waals surface area contributed by atoms with Crippen LogP contribution in [0.15, 0.2) is 53.7 Å². The molecule has 1 aliphatic heterocycles. The van der Waals surface area contributed by atoms with Crippen molar-refractivity contribution in [3.05, 3.63) is 70.7 Å². The number of nitrogens with one attached hydrogen (secondary N) is 3. The first-order valence-corrected chi connectivity index (χ1v) is 11.8. The SMILES string of the molecule is CCn1c(=O)c(C#Cc2nccn2C)cc2cnc(Nc3ccc(NC4CCCNC4)cc3)nc21.